The van der Waals surface area contributed by atoms with Crippen molar-refractivity contribution in [2.75, 3.05) is 31.5 Å². The van der Waals surface area contributed by atoms with Crippen LogP contribution in [-0.2, 0) is 14.3 Å². The van der Waals surface area contributed by atoms with Crippen LogP contribution in [0.2, 0.25) is 0 Å². The number of carbonyl (C=O) groups excluding carboxylic acids is 4. The molecule has 0 aliphatic rings. The highest BCUT2D eigenvalue weighted by atomic mass is 32.2. The summed E-state index contributed by atoms with van der Waals surface area (Å²) in [5.74, 6) is -0.766. The summed E-state index contributed by atoms with van der Waals surface area (Å²) in [6.45, 7) is 2.00. The fourth-order valence-electron chi connectivity index (χ4n) is 5.04. The summed E-state index contributed by atoms with van der Waals surface area (Å²) >= 11 is 1.30. The van der Waals surface area contributed by atoms with Crippen LogP contribution in [0.3, 0.4) is 0 Å². The molecule has 264 valence electrons. The van der Waals surface area contributed by atoms with E-state index in [4.69, 9.17) is 14.2 Å². The topological polar surface area (TPSA) is 132 Å². The Labute approximate surface area is 306 Å². The van der Waals surface area contributed by atoms with E-state index >= 15 is 0 Å². The minimum Gasteiger partial charge on any atom is -0.497 e. The zero-order valence-electron chi connectivity index (χ0n) is 28.8. The van der Waals surface area contributed by atoms with Crippen LogP contribution in [0.15, 0.2) is 138 Å². The van der Waals surface area contributed by atoms with E-state index in [1.54, 1.807) is 97.9 Å². The molecule has 1 unspecified atom stereocenters. The zero-order chi connectivity index (χ0) is 36.9. The Morgan fingerprint density at radius 3 is 2.10 bits per heavy atom. The van der Waals surface area contributed by atoms with Crippen LogP contribution in [0.1, 0.15) is 44.0 Å². The van der Waals surface area contributed by atoms with E-state index in [0.29, 0.717) is 44.5 Å². The SMILES string of the molecule is CCOC(=O)c1ccc(NC(=O)C(Sc2cccc(NC(=O)/C(=C\c3cc(OC)ccc3OC)NC(=O)c3ccccc3)c2)c2ccccc2)cc1. The Kier molecular flexibility index (Phi) is 12.8. The first kappa shape index (κ1) is 36.9. The molecule has 5 aromatic rings. The first-order valence-electron chi connectivity index (χ1n) is 16.3. The van der Waals surface area contributed by atoms with Crippen molar-refractivity contribution in [2.45, 2.75) is 17.1 Å². The van der Waals surface area contributed by atoms with Crippen molar-refractivity contribution in [2.24, 2.45) is 0 Å². The summed E-state index contributed by atoms with van der Waals surface area (Å²) < 4.78 is 15.9. The van der Waals surface area contributed by atoms with E-state index < -0.39 is 23.0 Å². The number of ether oxygens (including phenoxy) is 3. The number of benzene rings is 5. The molecule has 0 bridgehead atoms. The minimum absolute atomic E-state index is 0.0334. The second-order valence-electron chi connectivity index (χ2n) is 11.2. The van der Waals surface area contributed by atoms with Gasteiger partial charge in [0.05, 0.1) is 26.4 Å². The van der Waals surface area contributed by atoms with Crippen LogP contribution < -0.4 is 25.4 Å². The van der Waals surface area contributed by atoms with Gasteiger partial charge >= 0.3 is 5.97 Å². The number of methoxy groups -OCH3 is 2. The van der Waals surface area contributed by atoms with E-state index in [9.17, 15) is 19.2 Å². The van der Waals surface area contributed by atoms with E-state index in [1.807, 2.05) is 36.4 Å². The van der Waals surface area contributed by atoms with Gasteiger partial charge in [-0.25, -0.2) is 4.79 Å². The summed E-state index contributed by atoms with van der Waals surface area (Å²) in [4.78, 5) is 53.5. The molecule has 0 saturated heterocycles. The van der Waals surface area contributed by atoms with Gasteiger partial charge in [-0.05, 0) is 91.4 Å². The maximum absolute atomic E-state index is 13.8. The molecule has 5 rings (SSSR count). The van der Waals surface area contributed by atoms with Gasteiger partial charge in [0, 0.05) is 27.4 Å². The standard InChI is InChI=1S/C41H37N3O7S/c1-4-51-41(48)29-18-20-31(21-19-29)42-40(47)37(27-12-7-5-8-13-27)52-34-17-11-16-32(26-34)43-39(46)35(44-38(45)28-14-9-6-10-15-28)25-30-24-33(49-2)22-23-36(30)50-3/h5-26,37H,4H2,1-3H3,(H,42,47)(H,43,46)(H,44,45)/b35-25+. The lowest BCUT2D eigenvalue weighted by Crippen LogP contribution is -2.30. The molecule has 0 aliphatic heterocycles. The van der Waals surface area contributed by atoms with Gasteiger partial charge in [0.2, 0.25) is 5.91 Å². The fraction of sp³-hybridized carbons (Fsp3) is 0.122. The van der Waals surface area contributed by atoms with Crippen molar-refractivity contribution >= 4 is 52.9 Å². The van der Waals surface area contributed by atoms with Gasteiger partial charge in [0.25, 0.3) is 11.8 Å². The lowest BCUT2D eigenvalue weighted by molar-refractivity contribution is -0.116. The molecule has 10 nitrogen and oxygen atoms in total. The summed E-state index contributed by atoms with van der Waals surface area (Å²) in [6, 6.07) is 36.6. The predicted molar refractivity (Wildman–Crippen MR) is 203 cm³/mol. The summed E-state index contributed by atoms with van der Waals surface area (Å²) in [5, 5.41) is 7.90. The number of nitrogens with one attached hydrogen (secondary N) is 3. The second-order valence-corrected chi connectivity index (χ2v) is 12.3. The Morgan fingerprint density at radius 1 is 0.712 bits per heavy atom. The van der Waals surface area contributed by atoms with Gasteiger partial charge in [-0.1, -0.05) is 54.6 Å². The highest BCUT2D eigenvalue weighted by Gasteiger charge is 2.23. The molecule has 5 aromatic carbocycles. The maximum atomic E-state index is 13.8. The molecule has 1 atom stereocenters. The van der Waals surface area contributed by atoms with E-state index in [0.717, 1.165) is 5.56 Å². The summed E-state index contributed by atoms with van der Waals surface area (Å²) in [5.41, 5.74) is 2.96. The third kappa shape index (κ3) is 9.89. The van der Waals surface area contributed by atoms with Crippen LogP contribution >= 0.6 is 11.8 Å². The van der Waals surface area contributed by atoms with Crippen LogP contribution in [0.5, 0.6) is 11.5 Å². The van der Waals surface area contributed by atoms with Crippen molar-refractivity contribution in [3.05, 3.63) is 155 Å². The third-order valence-corrected chi connectivity index (χ3v) is 8.86. The number of esters is 1. The number of carbonyl (C=O) groups is 4. The Balaban J connectivity index is 1.39. The molecule has 11 heteroatoms. The first-order valence-corrected chi connectivity index (χ1v) is 17.2. The Morgan fingerprint density at radius 2 is 1.42 bits per heavy atom. The Bertz CT molecular complexity index is 2050. The quantitative estimate of drug-likeness (QED) is 0.0604. The van der Waals surface area contributed by atoms with E-state index in [2.05, 4.69) is 16.0 Å². The molecule has 3 N–H and O–H groups in total. The lowest BCUT2D eigenvalue weighted by atomic mass is 10.1. The van der Waals surface area contributed by atoms with Gasteiger partial charge in [-0.3, -0.25) is 14.4 Å². The van der Waals surface area contributed by atoms with Gasteiger partial charge in [0.15, 0.2) is 0 Å². The number of hydrogen-bond acceptors (Lipinski definition) is 8. The molecule has 3 amide bonds. The molecule has 0 aromatic heterocycles. The molecule has 0 fully saturated rings. The highest BCUT2D eigenvalue weighted by molar-refractivity contribution is 8.00. The van der Waals surface area contributed by atoms with Crippen molar-refractivity contribution in [3.63, 3.8) is 0 Å². The summed E-state index contributed by atoms with van der Waals surface area (Å²) in [7, 11) is 3.04. The largest absolute Gasteiger partial charge is 0.497 e. The van der Waals surface area contributed by atoms with E-state index in [-0.39, 0.29) is 18.2 Å². The molecule has 0 heterocycles. The van der Waals surface area contributed by atoms with Crippen LogP contribution in [0.4, 0.5) is 11.4 Å². The van der Waals surface area contributed by atoms with E-state index in [1.165, 1.54) is 32.1 Å². The van der Waals surface area contributed by atoms with Crippen LogP contribution in [0, 0.1) is 0 Å². The fourth-order valence-corrected chi connectivity index (χ4v) is 6.13. The Hall–Kier alpha value is -6.33. The van der Waals surface area contributed by atoms with Crippen molar-refractivity contribution < 1.29 is 33.4 Å². The van der Waals surface area contributed by atoms with Crippen molar-refractivity contribution in [1.82, 2.24) is 5.32 Å². The number of amides is 3. The monoisotopic (exact) mass is 715 g/mol. The molecule has 0 radical (unpaired) electrons. The lowest BCUT2D eigenvalue weighted by Gasteiger charge is -2.18. The van der Waals surface area contributed by atoms with Gasteiger partial charge in [-0.2, -0.15) is 0 Å². The number of anilines is 2. The predicted octanol–water partition coefficient (Wildman–Crippen LogP) is 7.76. The normalized spacial score (nSPS) is 11.5. The number of hydrogen-bond donors (Lipinski definition) is 3. The zero-order valence-corrected chi connectivity index (χ0v) is 29.6. The molecule has 0 saturated carbocycles. The van der Waals surface area contributed by atoms with Crippen LogP contribution in [0.25, 0.3) is 6.08 Å². The molecule has 52 heavy (non-hydrogen) atoms. The second kappa shape index (κ2) is 18.1. The average molecular weight is 716 g/mol. The number of rotatable bonds is 14. The van der Waals surface area contributed by atoms with Gasteiger partial charge in [-0.15, -0.1) is 11.8 Å². The van der Waals surface area contributed by atoms with Crippen molar-refractivity contribution in [3.8, 4) is 11.5 Å². The van der Waals surface area contributed by atoms with Gasteiger partial charge < -0.3 is 30.2 Å². The highest BCUT2D eigenvalue weighted by Crippen LogP contribution is 2.37. The maximum Gasteiger partial charge on any atom is 0.338 e. The first-order chi connectivity index (χ1) is 25.3. The molecular formula is C41H37N3O7S. The van der Waals surface area contributed by atoms with Gasteiger partial charge in [0.1, 0.15) is 22.4 Å². The van der Waals surface area contributed by atoms with Crippen LogP contribution in [-0.4, -0.2) is 44.5 Å². The number of thioether (sulfide) groups is 1. The molecule has 0 spiro atoms. The molecular weight excluding hydrogens is 679 g/mol. The van der Waals surface area contributed by atoms with Crippen molar-refractivity contribution in [1.29, 1.82) is 0 Å². The summed E-state index contributed by atoms with van der Waals surface area (Å²) in [6.07, 6.45) is 1.52. The average Bonchev–Trinajstić information content (AvgIpc) is 3.17. The third-order valence-electron chi connectivity index (χ3n) is 7.62. The molecule has 0 aliphatic carbocycles. The minimum atomic E-state index is -0.668. The smallest absolute Gasteiger partial charge is 0.338 e.